The van der Waals surface area contributed by atoms with Gasteiger partial charge in [0.05, 0.1) is 12.2 Å². The quantitative estimate of drug-likeness (QED) is 0.760. The SMILES string of the molecule is C[C@@H]1CN(C(=O)COCC(F)(F)F)C[C@@H](C)O1. The van der Waals surface area contributed by atoms with Crippen LogP contribution in [0.25, 0.3) is 0 Å². The van der Waals surface area contributed by atoms with E-state index in [-0.39, 0.29) is 12.2 Å². The van der Waals surface area contributed by atoms with Crippen LogP contribution in [0.15, 0.2) is 0 Å². The van der Waals surface area contributed by atoms with Crippen LogP contribution in [0.3, 0.4) is 0 Å². The van der Waals surface area contributed by atoms with Crippen molar-refractivity contribution in [3.63, 3.8) is 0 Å². The first-order valence-corrected chi connectivity index (χ1v) is 5.35. The standard InChI is InChI=1S/C10H16F3NO3/c1-7-3-14(4-8(2)17-7)9(15)5-16-6-10(11,12)13/h7-8H,3-6H2,1-2H3/t7-,8-/m1/s1. The molecule has 0 aromatic heterocycles. The molecule has 0 aromatic carbocycles. The molecule has 1 heterocycles. The molecule has 0 spiro atoms. The monoisotopic (exact) mass is 255 g/mol. The molecule has 0 aromatic rings. The van der Waals surface area contributed by atoms with Crippen LogP contribution in [0, 0.1) is 0 Å². The number of hydrogen-bond donors (Lipinski definition) is 0. The van der Waals surface area contributed by atoms with E-state index in [1.165, 1.54) is 4.90 Å². The molecule has 1 saturated heterocycles. The van der Waals surface area contributed by atoms with Crippen molar-refractivity contribution in [2.75, 3.05) is 26.3 Å². The first-order chi connectivity index (χ1) is 7.78. The number of morpholine rings is 1. The van der Waals surface area contributed by atoms with Crippen LogP contribution in [0.4, 0.5) is 13.2 Å². The van der Waals surface area contributed by atoms with Gasteiger partial charge < -0.3 is 14.4 Å². The highest BCUT2D eigenvalue weighted by Crippen LogP contribution is 2.15. The molecule has 1 rings (SSSR count). The van der Waals surface area contributed by atoms with Crippen molar-refractivity contribution < 1.29 is 27.4 Å². The minimum atomic E-state index is -4.40. The molecule has 0 unspecified atom stereocenters. The van der Waals surface area contributed by atoms with Gasteiger partial charge in [0.15, 0.2) is 0 Å². The number of hydrogen-bond acceptors (Lipinski definition) is 3. The van der Waals surface area contributed by atoms with Crippen LogP contribution in [-0.2, 0) is 14.3 Å². The average molecular weight is 255 g/mol. The Labute approximate surface area is 97.7 Å². The van der Waals surface area contributed by atoms with E-state index in [0.29, 0.717) is 13.1 Å². The van der Waals surface area contributed by atoms with Crippen LogP contribution >= 0.6 is 0 Å². The van der Waals surface area contributed by atoms with Crippen LogP contribution in [0.1, 0.15) is 13.8 Å². The summed E-state index contributed by atoms with van der Waals surface area (Å²) in [5.41, 5.74) is 0. The summed E-state index contributed by atoms with van der Waals surface area (Å²) in [6.45, 7) is 2.46. The summed E-state index contributed by atoms with van der Waals surface area (Å²) in [5, 5.41) is 0. The highest BCUT2D eigenvalue weighted by molar-refractivity contribution is 5.77. The Morgan fingerprint density at radius 3 is 2.35 bits per heavy atom. The van der Waals surface area contributed by atoms with Gasteiger partial charge in [0, 0.05) is 13.1 Å². The van der Waals surface area contributed by atoms with Crippen LogP contribution in [0.5, 0.6) is 0 Å². The predicted octanol–water partition coefficient (Wildman–Crippen LogP) is 1.20. The number of rotatable bonds is 3. The third kappa shape index (κ3) is 5.36. The van der Waals surface area contributed by atoms with Gasteiger partial charge >= 0.3 is 6.18 Å². The van der Waals surface area contributed by atoms with E-state index in [1.54, 1.807) is 0 Å². The van der Waals surface area contributed by atoms with Crippen LogP contribution in [0.2, 0.25) is 0 Å². The molecule has 2 atom stereocenters. The topological polar surface area (TPSA) is 38.8 Å². The molecule has 0 radical (unpaired) electrons. The molecule has 1 aliphatic heterocycles. The molecule has 17 heavy (non-hydrogen) atoms. The van der Waals surface area contributed by atoms with Crippen molar-refractivity contribution in [3.05, 3.63) is 0 Å². The van der Waals surface area contributed by atoms with Gasteiger partial charge in [-0.25, -0.2) is 0 Å². The maximum absolute atomic E-state index is 11.8. The van der Waals surface area contributed by atoms with Crippen molar-refractivity contribution in [3.8, 4) is 0 Å². The van der Waals surface area contributed by atoms with E-state index < -0.39 is 25.3 Å². The Morgan fingerprint density at radius 1 is 1.35 bits per heavy atom. The Morgan fingerprint density at radius 2 is 1.88 bits per heavy atom. The highest BCUT2D eigenvalue weighted by atomic mass is 19.4. The minimum Gasteiger partial charge on any atom is -0.372 e. The normalized spacial score (nSPS) is 26.1. The number of ether oxygens (including phenoxy) is 2. The number of amides is 1. The number of alkyl halides is 3. The third-order valence-electron chi connectivity index (χ3n) is 2.26. The van der Waals surface area contributed by atoms with Gasteiger partial charge in [0.2, 0.25) is 5.91 Å². The Bertz CT molecular complexity index is 260. The second-order valence-electron chi connectivity index (χ2n) is 4.16. The molecular weight excluding hydrogens is 239 g/mol. The fraction of sp³-hybridized carbons (Fsp3) is 0.900. The summed E-state index contributed by atoms with van der Waals surface area (Å²) in [6, 6.07) is 0. The van der Waals surface area contributed by atoms with Gasteiger partial charge in [-0.05, 0) is 13.8 Å². The third-order valence-corrected chi connectivity index (χ3v) is 2.26. The lowest BCUT2D eigenvalue weighted by Crippen LogP contribution is -2.49. The number of nitrogens with zero attached hydrogens (tertiary/aromatic N) is 1. The van der Waals surface area contributed by atoms with E-state index in [2.05, 4.69) is 4.74 Å². The van der Waals surface area contributed by atoms with Gasteiger partial charge in [-0.2, -0.15) is 13.2 Å². The second kappa shape index (κ2) is 5.68. The lowest BCUT2D eigenvalue weighted by Gasteiger charge is -2.35. The fourth-order valence-electron chi connectivity index (χ4n) is 1.73. The Balaban J connectivity index is 2.32. The van der Waals surface area contributed by atoms with Gasteiger partial charge in [-0.15, -0.1) is 0 Å². The molecule has 0 bridgehead atoms. The molecular formula is C10H16F3NO3. The summed E-state index contributed by atoms with van der Waals surface area (Å²) < 4.78 is 45.1. The summed E-state index contributed by atoms with van der Waals surface area (Å²) in [7, 11) is 0. The zero-order chi connectivity index (χ0) is 13.1. The van der Waals surface area contributed by atoms with E-state index >= 15 is 0 Å². The van der Waals surface area contributed by atoms with Gasteiger partial charge in [0.1, 0.15) is 13.2 Å². The highest BCUT2D eigenvalue weighted by Gasteiger charge is 2.29. The van der Waals surface area contributed by atoms with Crippen LogP contribution in [-0.4, -0.2) is 55.5 Å². The average Bonchev–Trinajstić information content (AvgIpc) is 2.13. The molecule has 7 heteroatoms. The maximum Gasteiger partial charge on any atom is 0.411 e. The zero-order valence-corrected chi connectivity index (χ0v) is 9.79. The van der Waals surface area contributed by atoms with Crippen molar-refractivity contribution in [1.82, 2.24) is 4.90 Å². The molecule has 1 amide bonds. The van der Waals surface area contributed by atoms with Crippen molar-refractivity contribution in [2.45, 2.75) is 32.2 Å². The van der Waals surface area contributed by atoms with Gasteiger partial charge in [0.25, 0.3) is 0 Å². The minimum absolute atomic E-state index is 0.106. The second-order valence-corrected chi connectivity index (χ2v) is 4.16. The van der Waals surface area contributed by atoms with E-state index in [4.69, 9.17) is 4.74 Å². The van der Waals surface area contributed by atoms with Gasteiger partial charge in [-0.3, -0.25) is 4.79 Å². The molecule has 4 nitrogen and oxygen atoms in total. The molecule has 0 saturated carbocycles. The largest absolute Gasteiger partial charge is 0.411 e. The van der Waals surface area contributed by atoms with E-state index in [1.807, 2.05) is 13.8 Å². The molecule has 0 aliphatic carbocycles. The fourth-order valence-corrected chi connectivity index (χ4v) is 1.73. The molecule has 1 aliphatic rings. The van der Waals surface area contributed by atoms with Crippen molar-refractivity contribution in [1.29, 1.82) is 0 Å². The van der Waals surface area contributed by atoms with E-state index in [0.717, 1.165) is 0 Å². The van der Waals surface area contributed by atoms with E-state index in [9.17, 15) is 18.0 Å². The predicted molar refractivity (Wildman–Crippen MR) is 53.5 cm³/mol. The summed E-state index contributed by atoms with van der Waals surface area (Å²) in [6.07, 6.45) is -4.61. The molecule has 0 N–H and O–H groups in total. The van der Waals surface area contributed by atoms with Crippen LogP contribution < -0.4 is 0 Å². The first kappa shape index (κ1) is 14.2. The molecule has 1 fully saturated rings. The maximum atomic E-state index is 11.8. The van der Waals surface area contributed by atoms with Crippen molar-refractivity contribution >= 4 is 5.91 Å². The van der Waals surface area contributed by atoms with Gasteiger partial charge in [-0.1, -0.05) is 0 Å². The summed E-state index contributed by atoms with van der Waals surface area (Å²) >= 11 is 0. The summed E-state index contributed by atoms with van der Waals surface area (Å²) in [4.78, 5) is 13.0. The first-order valence-electron chi connectivity index (χ1n) is 5.35. The number of carbonyl (C=O) groups excluding carboxylic acids is 1. The Kier molecular flexibility index (Phi) is 4.76. The number of carbonyl (C=O) groups is 1. The zero-order valence-electron chi connectivity index (χ0n) is 9.79. The molecule has 100 valence electrons. The smallest absolute Gasteiger partial charge is 0.372 e. The summed E-state index contributed by atoms with van der Waals surface area (Å²) in [5.74, 6) is -0.434. The Hall–Kier alpha value is -0.820. The lowest BCUT2D eigenvalue weighted by atomic mass is 10.2. The van der Waals surface area contributed by atoms with Crippen molar-refractivity contribution in [2.24, 2.45) is 0 Å². The number of halogens is 3. The lowest BCUT2D eigenvalue weighted by molar-refractivity contribution is -0.180.